The third-order valence-electron chi connectivity index (χ3n) is 4.53. The highest BCUT2D eigenvalue weighted by Gasteiger charge is 2.42. The van der Waals surface area contributed by atoms with Crippen molar-refractivity contribution in [1.29, 1.82) is 0 Å². The topological polar surface area (TPSA) is 36.9 Å². The minimum atomic E-state index is 0.366. The number of hydrogen-bond acceptors (Lipinski definition) is 2. The maximum Gasteiger partial charge on any atom is 0.193 e. The smallest absolute Gasteiger partial charge is 0.193 e. The molecule has 2 aliphatic rings. The van der Waals surface area contributed by atoms with Gasteiger partial charge in [-0.3, -0.25) is 4.99 Å². The predicted molar refractivity (Wildman–Crippen MR) is 88.4 cm³/mol. The van der Waals surface area contributed by atoms with Gasteiger partial charge in [-0.25, -0.2) is 0 Å². The molecule has 0 bridgehead atoms. The molecule has 0 amide bonds. The van der Waals surface area contributed by atoms with Crippen molar-refractivity contribution in [2.75, 3.05) is 33.4 Å². The number of halogens is 1. The molecule has 1 spiro atoms. The number of aliphatic imine (C=N–C) groups is 1. The van der Waals surface area contributed by atoms with Crippen LogP contribution in [-0.4, -0.2) is 44.2 Å². The Bertz CT molecular complexity index is 526. The molecule has 1 aromatic carbocycles. The molecule has 5 heteroatoms. The molecular weight excluding hydrogens is 330 g/mol. The summed E-state index contributed by atoms with van der Waals surface area (Å²) in [4.78, 5) is 6.81. The van der Waals surface area contributed by atoms with Crippen LogP contribution in [0.25, 0.3) is 0 Å². The molecule has 0 saturated carbocycles. The Hall–Kier alpha value is -1.07. The van der Waals surface area contributed by atoms with Crippen molar-refractivity contribution in [3.63, 3.8) is 0 Å². The Morgan fingerprint density at radius 1 is 1.43 bits per heavy atom. The van der Waals surface area contributed by atoms with Gasteiger partial charge in [0.15, 0.2) is 5.96 Å². The van der Waals surface area contributed by atoms with Gasteiger partial charge in [-0.1, -0.05) is 34.1 Å². The summed E-state index contributed by atoms with van der Waals surface area (Å²) in [7, 11) is 1.86. The lowest BCUT2D eigenvalue weighted by Gasteiger charge is -2.25. The molecule has 1 atom stereocenters. The van der Waals surface area contributed by atoms with E-state index in [9.17, 15) is 0 Å². The summed E-state index contributed by atoms with van der Waals surface area (Å²) < 4.78 is 6.73. The molecule has 2 heterocycles. The number of guanidine groups is 1. The van der Waals surface area contributed by atoms with Gasteiger partial charge in [-0.2, -0.15) is 0 Å². The van der Waals surface area contributed by atoms with Crippen LogP contribution in [0.1, 0.15) is 18.4 Å². The lowest BCUT2D eigenvalue weighted by Crippen LogP contribution is -2.41. The first kappa shape index (κ1) is 14.9. The predicted octanol–water partition coefficient (Wildman–Crippen LogP) is 2.64. The standard InChI is InChI=1S/C16H22BrN3O/c1-18-15(19-10-13-4-2-3-5-14(13)17)20-8-6-16(11-20)7-9-21-12-16/h2-5H,6-12H2,1H3,(H,18,19). The summed E-state index contributed by atoms with van der Waals surface area (Å²) in [6.07, 6.45) is 2.40. The van der Waals surface area contributed by atoms with E-state index in [1.54, 1.807) is 0 Å². The second kappa shape index (κ2) is 6.36. The molecule has 2 aliphatic heterocycles. The zero-order chi connectivity index (χ0) is 14.7. The lowest BCUT2D eigenvalue weighted by atomic mass is 9.87. The molecule has 0 aromatic heterocycles. The van der Waals surface area contributed by atoms with Gasteiger partial charge in [0.05, 0.1) is 6.61 Å². The maximum absolute atomic E-state index is 5.60. The number of benzene rings is 1. The van der Waals surface area contributed by atoms with Gasteiger partial charge in [0.1, 0.15) is 0 Å². The summed E-state index contributed by atoms with van der Waals surface area (Å²) in [5.41, 5.74) is 1.61. The molecule has 114 valence electrons. The van der Waals surface area contributed by atoms with Crippen LogP contribution in [0.5, 0.6) is 0 Å². The first-order chi connectivity index (χ1) is 10.2. The minimum Gasteiger partial charge on any atom is -0.381 e. The van der Waals surface area contributed by atoms with Crippen molar-refractivity contribution < 1.29 is 4.74 Å². The highest BCUT2D eigenvalue weighted by Crippen LogP contribution is 2.38. The van der Waals surface area contributed by atoms with Crippen LogP contribution in [0.4, 0.5) is 0 Å². The highest BCUT2D eigenvalue weighted by molar-refractivity contribution is 9.10. The zero-order valence-electron chi connectivity index (χ0n) is 12.4. The van der Waals surface area contributed by atoms with Gasteiger partial charge in [0.2, 0.25) is 0 Å². The van der Waals surface area contributed by atoms with E-state index >= 15 is 0 Å². The van der Waals surface area contributed by atoms with Crippen LogP contribution >= 0.6 is 15.9 Å². The SMILES string of the molecule is CN=C(NCc1ccccc1Br)N1CCC2(CCOC2)C1. The molecule has 2 fully saturated rings. The van der Waals surface area contributed by atoms with Crippen molar-refractivity contribution in [1.82, 2.24) is 10.2 Å². The second-order valence-electron chi connectivity index (χ2n) is 5.97. The van der Waals surface area contributed by atoms with Gasteiger partial charge >= 0.3 is 0 Å². The van der Waals surface area contributed by atoms with E-state index in [0.717, 1.165) is 43.3 Å². The molecule has 3 rings (SSSR count). The normalized spacial score (nSPS) is 25.8. The summed E-state index contributed by atoms with van der Waals surface area (Å²) in [5, 5.41) is 3.48. The minimum absolute atomic E-state index is 0.366. The van der Waals surface area contributed by atoms with Gasteiger partial charge in [-0.05, 0) is 24.5 Å². The fourth-order valence-corrected chi connectivity index (χ4v) is 3.66. The molecule has 0 aliphatic carbocycles. The largest absolute Gasteiger partial charge is 0.381 e. The van der Waals surface area contributed by atoms with Crippen molar-refractivity contribution in [2.24, 2.45) is 10.4 Å². The van der Waals surface area contributed by atoms with Crippen molar-refractivity contribution in [3.05, 3.63) is 34.3 Å². The summed E-state index contributed by atoms with van der Waals surface area (Å²) in [6, 6.07) is 8.29. The van der Waals surface area contributed by atoms with Crippen LogP contribution < -0.4 is 5.32 Å². The van der Waals surface area contributed by atoms with E-state index in [4.69, 9.17) is 4.74 Å². The third-order valence-corrected chi connectivity index (χ3v) is 5.30. The average Bonchev–Trinajstić information content (AvgIpc) is 3.12. The van der Waals surface area contributed by atoms with Crippen LogP contribution in [-0.2, 0) is 11.3 Å². The molecule has 1 N–H and O–H groups in total. The highest BCUT2D eigenvalue weighted by atomic mass is 79.9. The third kappa shape index (κ3) is 3.24. The first-order valence-corrected chi connectivity index (χ1v) is 8.28. The Balaban J connectivity index is 1.60. The van der Waals surface area contributed by atoms with E-state index in [0.29, 0.717) is 5.41 Å². The fourth-order valence-electron chi connectivity index (χ4n) is 3.24. The van der Waals surface area contributed by atoms with Crippen LogP contribution in [0.2, 0.25) is 0 Å². The maximum atomic E-state index is 5.60. The molecular formula is C16H22BrN3O. The van der Waals surface area contributed by atoms with E-state index < -0.39 is 0 Å². The molecule has 0 radical (unpaired) electrons. The Kier molecular flexibility index (Phi) is 4.50. The number of nitrogens with one attached hydrogen (secondary N) is 1. The summed E-state index contributed by atoms with van der Waals surface area (Å²) in [5.74, 6) is 0.995. The Morgan fingerprint density at radius 2 is 2.29 bits per heavy atom. The van der Waals surface area contributed by atoms with Crippen molar-refractivity contribution in [2.45, 2.75) is 19.4 Å². The van der Waals surface area contributed by atoms with Gasteiger partial charge in [-0.15, -0.1) is 0 Å². The van der Waals surface area contributed by atoms with Crippen molar-refractivity contribution >= 4 is 21.9 Å². The molecule has 1 unspecified atom stereocenters. The van der Waals surface area contributed by atoms with Crippen LogP contribution in [0.3, 0.4) is 0 Å². The van der Waals surface area contributed by atoms with Crippen molar-refractivity contribution in [3.8, 4) is 0 Å². The number of rotatable bonds is 2. The van der Waals surface area contributed by atoms with Gasteiger partial charge < -0.3 is 15.0 Å². The van der Waals surface area contributed by atoms with E-state index in [1.165, 1.54) is 18.4 Å². The number of nitrogens with zero attached hydrogens (tertiary/aromatic N) is 2. The fraction of sp³-hybridized carbons (Fsp3) is 0.562. The van der Waals surface area contributed by atoms with Crippen LogP contribution in [0.15, 0.2) is 33.7 Å². The number of ether oxygens (including phenoxy) is 1. The average molecular weight is 352 g/mol. The van der Waals surface area contributed by atoms with Gasteiger partial charge in [0.25, 0.3) is 0 Å². The van der Waals surface area contributed by atoms with Gasteiger partial charge in [0, 0.05) is 43.2 Å². The molecule has 4 nitrogen and oxygen atoms in total. The Labute approximate surface area is 134 Å². The van der Waals surface area contributed by atoms with E-state index in [1.807, 2.05) is 13.1 Å². The first-order valence-electron chi connectivity index (χ1n) is 7.49. The van der Waals surface area contributed by atoms with E-state index in [-0.39, 0.29) is 0 Å². The van der Waals surface area contributed by atoms with E-state index in [2.05, 4.69) is 49.3 Å². The molecule has 1 aromatic rings. The summed E-state index contributed by atoms with van der Waals surface area (Å²) in [6.45, 7) is 4.73. The van der Waals surface area contributed by atoms with Crippen LogP contribution in [0, 0.1) is 5.41 Å². The zero-order valence-corrected chi connectivity index (χ0v) is 14.0. The number of hydrogen-bond donors (Lipinski definition) is 1. The lowest BCUT2D eigenvalue weighted by molar-refractivity contribution is 0.156. The molecule has 21 heavy (non-hydrogen) atoms. The number of likely N-dealkylation sites (tertiary alicyclic amines) is 1. The second-order valence-corrected chi connectivity index (χ2v) is 6.82. The monoisotopic (exact) mass is 351 g/mol. The summed E-state index contributed by atoms with van der Waals surface area (Å²) >= 11 is 3.59. The Morgan fingerprint density at radius 3 is 3.00 bits per heavy atom. The molecule has 2 saturated heterocycles. The quantitative estimate of drug-likeness (QED) is 0.657.